The van der Waals surface area contributed by atoms with Gasteiger partial charge in [0.1, 0.15) is 6.04 Å². The third-order valence-electron chi connectivity index (χ3n) is 2.55. The van der Waals surface area contributed by atoms with E-state index < -0.39 is 0 Å². The van der Waals surface area contributed by atoms with Gasteiger partial charge >= 0.3 is 0 Å². The molecule has 2 N–H and O–H groups in total. The highest BCUT2D eigenvalue weighted by atomic mass is 79.9. The number of carbonyl (C=O) groups is 1. The maximum absolute atomic E-state index is 11.0. The van der Waals surface area contributed by atoms with Gasteiger partial charge in [-0.3, -0.25) is 10.1 Å². The van der Waals surface area contributed by atoms with Crippen LogP contribution in [0.2, 0.25) is 0 Å². The van der Waals surface area contributed by atoms with Crippen LogP contribution in [-0.4, -0.2) is 29.1 Å². The normalized spacial score (nSPS) is 19.8. The first kappa shape index (κ1) is 11.8. The Morgan fingerprint density at radius 3 is 3.06 bits per heavy atom. The Hall–Kier alpha value is -1.25. The van der Waals surface area contributed by atoms with Crippen LogP contribution < -0.4 is 10.6 Å². The van der Waals surface area contributed by atoms with E-state index >= 15 is 0 Å². The maximum atomic E-state index is 11.0. The van der Waals surface area contributed by atoms with Crippen LogP contribution in [0.4, 0.5) is 0 Å². The molecule has 0 spiro atoms. The monoisotopic (exact) mass is 328 g/mol. The largest absolute Gasteiger partial charge is 0.353 e. The summed E-state index contributed by atoms with van der Waals surface area (Å²) in [6, 6.07) is 3.75. The molecule has 3 heterocycles. The zero-order valence-electron chi connectivity index (χ0n) is 9.14. The van der Waals surface area contributed by atoms with E-state index in [0.29, 0.717) is 18.3 Å². The Kier molecular flexibility index (Phi) is 3.14. The summed E-state index contributed by atoms with van der Waals surface area (Å²) < 4.78 is 6.24. The van der Waals surface area contributed by atoms with Crippen molar-refractivity contribution in [3.63, 3.8) is 0 Å². The Balaban J connectivity index is 1.79. The lowest BCUT2D eigenvalue weighted by molar-refractivity contribution is -0.121. The van der Waals surface area contributed by atoms with Crippen LogP contribution in [0.15, 0.2) is 20.4 Å². The number of aromatic nitrogens is 2. The summed E-state index contributed by atoms with van der Waals surface area (Å²) in [5.74, 6) is 1.04. The molecule has 2 aromatic heterocycles. The van der Waals surface area contributed by atoms with Crippen LogP contribution >= 0.6 is 27.3 Å². The molecule has 0 bridgehead atoms. The summed E-state index contributed by atoms with van der Waals surface area (Å²) in [4.78, 5) is 16.3. The lowest BCUT2D eigenvalue weighted by Gasteiger charge is -2.20. The number of hydrogen-bond acceptors (Lipinski definition) is 6. The van der Waals surface area contributed by atoms with E-state index in [1.165, 1.54) is 0 Å². The number of nitrogens with zero attached hydrogens (tertiary/aromatic N) is 2. The minimum absolute atomic E-state index is 0.0202. The first-order valence-electron chi connectivity index (χ1n) is 5.32. The van der Waals surface area contributed by atoms with E-state index in [4.69, 9.17) is 4.52 Å². The van der Waals surface area contributed by atoms with Crippen molar-refractivity contribution in [2.45, 2.75) is 6.04 Å². The molecule has 18 heavy (non-hydrogen) atoms. The van der Waals surface area contributed by atoms with Crippen LogP contribution in [0.25, 0.3) is 10.7 Å². The molecule has 94 valence electrons. The Labute approximate surface area is 115 Å². The third kappa shape index (κ3) is 2.31. The predicted molar refractivity (Wildman–Crippen MR) is 69.1 cm³/mol. The first-order valence-corrected chi connectivity index (χ1v) is 6.93. The number of halogens is 1. The van der Waals surface area contributed by atoms with Gasteiger partial charge < -0.3 is 9.84 Å². The molecule has 1 unspecified atom stereocenters. The second-order valence-corrected chi connectivity index (χ2v) is 6.26. The van der Waals surface area contributed by atoms with Crippen molar-refractivity contribution in [1.82, 2.24) is 20.8 Å². The molecule has 1 aliphatic rings. The molecule has 0 aliphatic carbocycles. The van der Waals surface area contributed by atoms with E-state index in [0.717, 1.165) is 8.66 Å². The Morgan fingerprint density at radius 1 is 1.50 bits per heavy atom. The zero-order valence-corrected chi connectivity index (χ0v) is 11.5. The highest BCUT2D eigenvalue weighted by Crippen LogP contribution is 2.29. The van der Waals surface area contributed by atoms with Gasteiger partial charge in [-0.05, 0) is 28.1 Å². The van der Waals surface area contributed by atoms with Crippen LogP contribution in [0.1, 0.15) is 11.9 Å². The summed E-state index contributed by atoms with van der Waals surface area (Å²) in [5.41, 5.74) is 0. The van der Waals surface area contributed by atoms with Crippen LogP contribution in [0.5, 0.6) is 0 Å². The predicted octanol–water partition coefficient (Wildman–Crippen LogP) is 1.32. The van der Waals surface area contributed by atoms with E-state index in [-0.39, 0.29) is 18.5 Å². The Morgan fingerprint density at radius 2 is 2.39 bits per heavy atom. The average Bonchev–Trinajstić information content (AvgIpc) is 2.98. The summed E-state index contributed by atoms with van der Waals surface area (Å²) in [7, 11) is 0. The summed E-state index contributed by atoms with van der Waals surface area (Å²) in [6.07, 6.45) is 0. The highest BCUT2D eigenvalue weighted by molar-refractivity contribution is 9.11. The molecule has 1 fully saturated rings. The van der Waals surface area contributed by atoms with Crippen LogP contribution in [0, 0.1) is 0 Å². The Bertz CT molecular complexity index is 572. The molecule has 8 heteroatoms. The fraction of sp³-hybridized carbons (Fsp3) is 0.300. The average molecular weight is 329 g/mol. The van der Waals surface area contributed by atoms with Crippen molar-refractivity contribution in [3.05, 3.63) is 21.8 Å². The molecule has 3 rings (SSSR count). The van der Waals surface area contributed by atoms with Crippen molar-refractivity contribution in [3.8, 4) is 10.7 Å². The second-order valence-electron chi connectivity index (χ2n) is 3.80. The smallest absolute Gasteiger partial charge is 0.245 e. The fourth-order valence-corrected chi connectivity index (χ4v) is 2.96. The van der Waals surface area contributed by atoms with E-state index in [1.807, 2.05) is 12.1 Å². The standard InChI is InChI=1S/C10H9BrN4O2S/c11-7-2-1-6(18-7)9-14-10(17-15-9)5-3-13-8(16)4-12-5/h1-2,5,12H,3-4H2,(H,13,16). The first-order chi connectivity index (χ1) is 8.72. The third-order valence-corrected chi connectivity index (χ3v) is 4.17. The molecule has 6 nitrogen and oxygen atoms in total. The molecular formula is C10H9BrN4O2S. The highest BCUT2D eigenvalue weighted by Gasteiger charge is 2.24. The zero-order chi connectivity index (χ0) is 12.5. The number of rotatable bonds is 2. The van der Waals surface area contributed by atoms with Gasteiger partial charge in [0.05, 0.1) is 15.2 Å². The number of amides is 1. The molecule has 1 amide bonds. The SMILES string of the molecule is O=C1CNC(c2nc(-c3ccc(Br)s3)no2)CN1. The molecule has 1 aliphatic heterocycles. The van der Waals surface area contributed by atoms with E-state index in [2.05, 4.69) is 36.7 Å². The van der Waals surface area contributed by atoms with Gasteiger partial charge in [0.2, 0.25) is 17.6 Å². The number of carbonyl (C=O) groups excluding carboxylic acids is 1. The number of piperazine rings is 1. The molecule has 0 saturated carbocycles. The molecule has 1 saturated heterocycles. The van der Waals surface area contributed by atoms with Gasteiger partial charge in [-0.2, -0.15) is 4.98 Å². The molecule has 0 radical (unpaired) electrons. The van der Waals surface area contributed by atoms with Gasteiger partial charge in [-0.1, -0.05) is 5.16 Å². The van der Waals surface area contributed by atoms with Crippen molar-refractivity contribution in [2.24, 2.45) is 0 Å². The van der Waals surface area contributed by atoms with E-state index in [1.54, 1.807) is 11.3 Å². The molecule has 2 aromatic rings. The van der Waals surface area contributed by atoms with Gasteiger partial charge in [0.15, 0.2) is 0 Å². The maximum Gasteiger partial charge on any atom is 0.245 e. The van der Waals surface area contributed by atoms with Crippen molar-refractivity contribution in [1.29, 1.82) is 0 Å². The van der Waals surface area contributed by atoms with E-state index in [9.17, 15) is 4.79 Å². The van der Waals surface area contributed by atoms with Crippen molar-refractivity contribution >= 4 is 33.2 Å². The van der Waals surface area contributed by atoms with Crippen LogP contribution in [-0.2, 0) is 4.79 Å². The number of hydrogen-bond donors (Lipinski definition) is 2. The van der Waals surface area contributed by atoms with Crippen molar-refractivity contribution in [2.75, 3.05) is 13.1 Å². The van der Waals surface area contributed by atoms with Gasteiger partial charge in [0, 0.05) is 6.54 Å². The van der Waals surface area contributed by atoms with Gasteiger partial charge in [-0.25, -0.2) is 0 Å². The van der Waals surface area contributed by atoms with Gasteiger partial charge in [0.25, 0.3) is 0 Å². The summed E-state index contributed by atoms with van der Waals surface area (Å²) in [5, 5.41) is 9.74. The lowest BCUT2D eigenvalue weighted by Crippen LogP contribution is -2.47. The van der Waals surface area contributed by atoms with Crippen molar-refractivity contribution < 1.29 is 9.32 Å². The quantitative estimate of drug-likeness (QED) is 0.869. The minimum Gasteiger partial charge on any atom is -0.353 e. The molecule has 1 atom stereocenters. The number of nitrogens with one attached hydrogen (secondary N) is 2. The fourth-order valence-electron chi connectivity index (χ4n) is 1.65. The lowest BCUT2D eigenvalue weighted by atomic mass is 10.2. The summed E-state index contributed by atoms with van der Waals surface area (Å²) >= 11 is 4.93. The number of thiophene rings is 1. The summed E-state index contributed by atoms with van der Waals surface area (Å²) in [6.45, 7) is 0.738. The van der Waals surface area contributed by atoms with Gasteiger partial charge in [-0.15, -0.1) is 11.3 Å². The minimum atomic E-state index is -0.118. The molecular weight excluding hydrogens is 320 g/mol. The van der Waals surface area contributed by atoms with Crippen LogP contribution in [0.3, 0.4) is 0 Å². The molecule has 0 aromatic carbocycles. The second kappa shape index (κ2) is 4.79. The topological polar surface area (TPSA) is 80.1 Å².